The number of fused-ring (bicyclic) bond motifs is 1. The number of nitrogens with zero attached hydrogens (tertiary/aromatic N) is 1. The summed E-state index contributed by atoms with van der Waals surface area (Å²) < 4.78 is 67.6. The highest BCUT2D eigenvalue weighted by Gasteiger charge is 2.31. The van der Waals surface area contributed by atoms with Crippen LogP contribution in [0.4, 0.5) is 28.9 Å². The van der Waals surface area contributed by atoms with Crippen molar-refractivity contribution in [3.05, 3.63) is 52.4 Å². The van der Waals surface area contributed by atoms with Gasteiger partial charge in [-0.3, -0.25) is 4.79 Å². The van der Waals surface area contributed by atoms with E-state index < -0.39 is 24.8 Å². The van der Waals surface area contributed by atoms with Crippen molar-refractivity contribution < 1.29 is 31.8 Å². The minimum absolute atomic E-state index is 0.0965. The lowest BCUT2D eigenvalue weighted by molar-refractivity contribution is 0.0504. The minimum Gasteiger partial charge on any atom is -0.495 e. The van der Waals surface area contributed by atoms with E-state index in [0.29, 0.717) is 58.9 Å². The number of thiophene rings is 1. The largest absolute Gasteiger partial charge is 0.495 e. The van der Waals surface area contributed by atoms with Crippen molar-refractivity contribution in [1.82, 2.24) is 10.2 Å². The number of anilines is 2. The second kappa shape index (κ2) is 14.6. The lowest BCUT2D eigenvalue weighted by atomic mass is 10.0. The summed E-state index contributed by atoms with van der Waals surface area (Å²) in [4.78, 5) is 14.4. The Morgan fingerprint density at radius 2 is 2.00 bits per heavy atom. The van der Waals surface area contributed by atoms with E-state index in [4.69, 9.17) is 9.47 Å². The maximum atomic E-state index is 14.9. The third kappa shape index (κ3) is 7.45. The normalized spacial score (nSPS) is 17.9. The van der Waals surface area contributed by atoms with Crippen molar-refractivity contribution in [1.29, 1.82) is 0 Å². The molecule has 1 fully saturated rings. The molecule has 42 heavy (non-hydrogen) atoms. The van der Waals surface area contributed by atoms with E-state index in [1.807, 2.05) is 11.9 Å². The molecule has 226 valence electrons. The van der Waals surface area contributed by atoms with Gasteiger partial charge in [0.15, 0.2) is 6.17 Å². The van der Waals surface area contributed by atoms with Crippen LogP contribution in [0, 0.1) is 11.8 Å². The molecule has 4 rings (SSSR count). The van der Waals surface area contributed by atoms with E-state index in [-0.39, 0.29) is 22.9 Å². The molecule has 0 saturated carbocycles. The zero-order valence-electron chi connectivity index (χ0n) is 23.6. The topological polar surface area (TPSA) is 74.9 Å². The van der Waals surface area contributed by atoms with Crippen molar-refractivity contribution in [2.45, 2.75) is 31.2 Å². The first kappa shape index (κ1) is 31.4. The number of nitrogens with one attached hydrogen (secondary N) is 3. The molecule has 0 radical (unpaired) electrons. The molecular formula is C30H34F4N4O3S. The molecule has 1 aliphatic heterocycles. The van der Waals surface area contributed by atoms with Crippen LogP contribution in [0.25, 0.3) is 10.1 Å². The molecule has 0 bridgehead atoms. The summed E-state index contributed by atoms with van der Waals surface area (Å²) in [6, 6.07) is 9.42. The van der Waals surface area contributed by atoms with E-state index in [1.54, 1.807) is 43.5 Å². The van der Waals surface area contributed by atoms with Gasteiger partial charge in [-0.2, -0.15) is 0 Å². The number of amides is 1. The molecule has 0 aliphatic carbocycles. The van der Waals surface area contributed by atoms with Gasteiger partial charge in [0.05, 0.1) is 47.3 Å². The number of halogens is 4. The quantitative estimate of drug-likeness (QED) is 0.153. The molecule has 3 N–H and O–H groups in total. The number of alkyl halides is 4. The number of rotatable bonds is 11. The predicted octanol–water partition coefficient (Wildman–Crippen LogP) is 5.48. The smallest absolute Gasteiger partial charge is 0.273 e. The maximum absolute atomic E-state index is 14.9. The lowest BCUT2D eigenvalue weighted by Gasteiger charge is -2.33. The Bertz CT molecular complexity index is 1440. The standard InChI is InChI=1S/C30H34F4N4O3S/c1-38-14-11-21(20(31)17-38)37-23-7-4-6-19-26(27(32)29(33)34)25(42-28(19)23)8-5-12-35-22-10-9-18(16-24(22)41-3)30(39)36-13-15-40-2/h4,6-7,9-10,16,20-21,27,29,35,37H,11-15,17H2,1-3H3,(H,36,39). The fraction of sp³-hybridized carbons (Fsp3) is 0.433. The second-order valence-electron chi connectivity index (χ2n) is 9.90. The summed E-state index contributed by atoms with van der Waals surface area (Å²) in [5.74, 6) is 5.88. The molecule has 2 aromatic carbocycles. The van der Waals surface area contributed by atoms with Gasteiger partial charge >= 0.3 is 0 Å². The average molecular weight is 607 g/mol. The van der Waals surface area contributed by atoms with E-state index >= 15 is 0 Å². The molecule has 3 unspecified atom stereocenters. The van der Waals surface area contributed by atoms with Crippen LogP contribution in [-0.2, 0) is 4.74 Å². The van der Waals surface area contributed by atoms with Crippen molar-refractivity contribution >= 4 is 38.7 Å². The molecule has 3 aromatic rings. The summed E-state index contributed by atoms with van der Waals surface area (Å²) in [6.45, 7) is 1.86. The number of benzene rings is 2. The van der Waals surface area contributed by atoms with Crippen molar-refractivity contribution in [3.63, 3.8) is 0 Å². The third-order valence-electron chi connectivity index (χ3n) is 6.96. The fourth-order valence-corrected chi connectivity index (χ4v) is 5.96. The van der Waals surface area contributed by atoms with Gasteiger partial charge in [-0.1, -0.05) is 24.0 Å². The van der Waals surface area contributed by atoms with Crippen LogP contribution >= 0.6 is 11.3 Å². The van der Waals surface area contributed by atoms with Gasteiger partial charge in [0.1, 0.15) is 11.9 Å². The summed E-state index contributed by atoms with van der Waals surface area (Å²) >= 11 is 1.11. The van der Waals surface area contributed by atoms with Gasteiger partial charge in [0, 0.05) is 43.3 Å². The molecule has 1 aliphatic rings. The average Bonchev–Trinajstić information content (AvgIpc) is 3.35. The molecule has 1 saturated heterocycles. The van der Waals surface area contributed by atoms with Gasteiger partial charge in [-0.15, -0.1) is 11.3 Å². The second-order valence-corrected chi connectivity index (χ2v) is 10.9. The van der Waals surface area contributed by atoms with Crippen LogP contribution in [0.5, 0.6) is 5.75 Å². The first-order valence-corrected chi connectivity index (χ1v) is 14.3. The van der Waals surface area contributed by atoms with Crippen LogP contribution in [0.3, 0.4) is 0 Å². The van der Waals surface area contributed by atoms with Crippen molar-refractivity contribution in [3.8, 4) is 17.6 Å². The van der Waals surface area contributed by atoms with Gasteiger partial charge < -0.3 is 30.3 Å². The molecule has 7 nitrogen and oxygen atoms in total. The SMILES string of the molecule is COCCNC(=O)c1ccc(NCC#Cc2sc3c(NC4CCN(C)CC4F)cccc3c2C(F)C(F)F)c(OC)c1. The highest BCUT2D eigenvalue weighted by Crippen LogP contribution is 2.42. The number of hydrogen-bond acceptors (Lipinski definition) is 7. The van der Waals surface area contributed by atoms with E-state index in [2.05, 4.69) is 27.8 Å². The van der Waals surface area contributed by atoms with Crippen molar-refractivity contribution in [2.24, 2.45) is 0 Å². The number of piperidine rings is 1. The number of ether oxygens (including phenoxy) is 2. The number of hydrogen-bond donors (Lipinski definition) is 3. The van der Waals surface area contributed by atoms with Crippen LogP contribution in [0.2, 0.25) is 0 Å². The summed E-state index contributed by atoms with van der Waals surface area (Å²) in [5, 5.41) is 9.37. The van der Waals surface area contributed by atoms with Gasteiger partial charge in [-0.25, -0.2) is 17.6 Å². The first-order valence-electron chi connectivity index (χ1n) is 13.5. The monoisotopic (exact) mass is 606 g/mol. The zero-order chi connectivity index (χ0) is 30.2. The number of methoxy groups -OCH3 is 2. The minimum atomic E-state index is -3.23. The number of likely N-dealkylation sites (tertiary alicyclic amines) is 1. The van der Waals surface area contributed by atoms with Crippen molar-refractivity contribution in [2.75, 3.05) is 64.7 Å². The van der Waals surface area contributed by atoms with E-state index in [0.717, 1.165) is 17.9 Å². The van der Waals surface area contributed by atoms with Gasteiger partial charge in [0.25, 0.3) is 12.3 Å². The molecule has 3 atom stereocenters. The zero-order valence-corrected chi connectivity index (χ0v) is 24.4. The molecule has 1 amide bonds. The molecule has 0 spiro atoms. The number of carbonyl (C=O) groups excluding carboxylic acids is 1. The Hall–Kier alpha value is -3.53. The molecular weight excluding hydrogens is 572 g/mol. The molecule has 2 heterocycles. The first-order chi connectivity index (χ1) is 20.2. The van der Waals surface area contributed by atoms with E-state index in [1.165, 1.54) is 7.11 Å². The Labute approximate surface area is 246 Å². The number of carbonyl (C=O) groups is 1. The third-order valence-corrected chi connectivity index (χ3v) is 8.13. The molecule has 1 aromatic heterocycles. The molecule has 12 heteroatoms. The summed E-state index contributed by atoms with van der Waals surface area (Å²) in [5.41, 5.74) is 1.37. The highest BCUT2D eigenvalue weighted by atomic mass is 32.1. The fourth-order valence-electron chi connectivity index (χ4n) is 4.77. The van der Waals surface area contributed by atoms with Crippen LogP contribution < -0.4 is 20.7 Å². The van der Waals surface area contributed by atoms with Crippen LogP contribution in [-0.4, -0.2) is 83.5 Å². The Balaban J connectivity index is 1.55. The Morgan fingerprint density at radius 3 is 2.71 bits per heavy atom. The summed E-state index contributed by atoms with van der Waals surface area (Å²) in [6.07, 6.45) is -6.27. The van der Waals surface area contributed by atoms with Crippen LogP contribution in [0.15, 0.2) is 36.4 Å². The highest BCUT2D eigenvalue weighted by molar-refractivity contribution is 7.20. The maximum Gasteiger partial charge on any atom is 0.273 e. The lowest BCUT2D eigenvalue weighted by Crippen LogP contribution is -2.46. The summed E-state index contributed by atoms with van der Waals surface area (Å²) in [7, 11) is 4.87. The van der Waals surface area contributed by atoms with Gasteiger partial charge in [0.2, 0.25) is 0 Å². The predicted molar refractivity (Wildman–Crippen MR) is 159 cm³/mol. The Kier molecular flexibility index (Phi) is 10.9. The van der Waals surface area contributed by atoms with E-state index in [9.17, 15) is 22.4 Å². The van der Waals surface area contributed by atoms with Gasteiger partial charge in [-0.05, 0) is 37.7 Å². The Morgan fingerprint density at radius 1 is 1.19 bits per heavy atom. The van der Waals surface area contributed by atoms with Crippen LogP contribution in [0.1, 0.15) is 33.4 Å².